The van der Waals surface area contributed by atoms with Crippen LogP contribution in [-0.4, -0.2) is 35.4 Å². The lowest BCUT2D eigenvalue weighted by molar-refractivity contribution is 0.0786. The number of nitrogens with zero attached hydrogens (tertiary/aromatic N) is 2. The van der Waals surface area contributed by atoms with Crippen LogP contribution < -0.4 is 10.1 Å². The van der Waals surface area contributed by atoms with E-state index >= 15 is 0 Å². The second kappa shape index (κ2) is 14.9. The Balaban J connectivity index is 1.96. The lowest BCUT2D eigenvalue weighted by Crippen LogP contribution is -2.29. The molecule has 1 heterocycles. The van der Waals surface area contributed by atoms with Crippen LogP contribution in [0.3, 0.4) is 0 Å². The van der Waals surface area contributed by atoms with Crippen LogP contribution in [0.4, 0.5) is 4.79 Å². The minimum absolute atomic E-state index is 0.171. The zero-order valence-corrected chi connectivity index (χ0v) is 25.1. The molecule has 0 aliphatic heterocycles. The summed E-state index contributed by atoms with van der Waals surface area (Å²) in [5.41, 5.74) is 4.24. The van der Waals surface area contributed by atoms with Crippen LogP contribution in [0, 0.1) is 17.2 Å². The Kier molecular flexibility index (Phi) is 11.6. The molecule has 1 amide bonds. The maximum atomic E-state index is 12.5. The first kappa shape index (κ1) is 30.4. The van der Waals surface area contributed by atoms with Gasteiger partial charge in [0.25, 0.3) is 0 Å². The SMILES string of the molecule is C\C=C/C(=C\C=C(/C)c1c(C#N)c2ccc(OCCCSC)cc2n1C1CCC1)NC(=O)O[C@H](C)C(C)CC. The highest BCUT2D eigenvalue weighted by molar-refractivity contribution is 7.98. The highest BCUT2D eigenvalue weighted by Gasteiger charge is 2.27. The fourth-order valence-corrected chi connectivity index (χ4v) is 5.08. The number of nitriles is 1. The number of nitrogens with one attached hydrogen (secondary N) is 1. The van der Waals surface area contributed by atoms with E-state index in [0.717, 1.165) is 59.4 Å². The number of carbonyl (C=O) groups is 1. The number of ether oxygens (including phenoxy) is 2. The summed E-state index contributed by atoms with van der Waals surface area (Å²) in [6, 6.07) is 8.90. The van der Waals surface area contributed by atoms with Gasteiger partial charge < -0.3 is 14.0 Å². The first-order chi connectivity index (χ1) is 18.8. The van der Waals surface area contributed by atoms with Crippen molar-refractivity contribution in [2.75, 3.05) is 18.6 Å². The second-order valence-corrected chi connectivity index (χ2v) is 11.2. The second-order valence-electron chi connectivity index (χ2n) is 10.3. The summed E-state index contributed by atoms with van der Waals surface area (Å²) in [5.74, 6) is 2.19. The lowest BCUT2D eigenvalue weighted by atomic mass is 9.92. The third-order valence-corrected chi connectivity index (χ3v) is 8.20. The molecule has 7 heteroatoms. The van der Waals surface area contributed by atoms with Gasteiger partial charge in [-0.15, -0.1) is 0 Å². The van der Waals surface area contributed by atoms with E-state index in [4.69, 9.17) is 9.47 Å². The van der Waals surface area contributed by atoms with Gasteiger partial charge in [-0.25, -0.2) is 4.79 Å². The summed E-state index contributed by atoms with van der Waals surface area (Å²) in [7, 11) is 0. The maximum absolute atomic E-state index is 12.5. The molecule has 1 aromatic carbocycles. The van der Waals surface area contributed by atoms with Crippen LogP contribution in [0.25, 0.3) is 16.5 Å². The molecule has 1 fully saturated rings. The predicted octanol–water partition coefficient (Wildman–Crippen LogP) is 8.39. The van der Waals surface area contributed by atoms with Crippen molar-refractivity contribution in [1.29, 1.82) is 5.26 Å². The number of rotatable bonds is 13. The van der Waals surface area contributed by atoms with Crippen molar-refractivity contribution in [2.45, 2.75) is 78.9 Å². The van der Waals surface area contributed by atoms with Crippen molar-refractivity contribution in [3.05, 3.63) is 59.5 Å². The molecule has 0 saturated heterocycles. The van der Waals surface area contributed by atoms with E-state index in [2.05, 4.69) is 42.1 Å². The van der Waals surface area contributed by atoms with Crippen LogP contribution in [0.1, 0.15) is 84.0 Å². The molecule has 39 heavy (non-hydrogen) atoms. The van der Waals surface area contributed by atoms with Crippen molar-refractivity contribution in [2.24, 2.45) is 5.92 Å². The zero-order chi connectivity index (χ0) is 28.4. The molecule has 1 aliphatic carbocycles. The Morgan fingerprint density at radius 2 is 2.08 bits per heavy atom. The summed E-state index contributed by atoms with van der Waals surface area (Å²) < 4.78 is 13.9. The lowest BCUT2D eigenvalue weighted by Gasteiger charge is -2.30. The van der Waals surface area contributed by atoms with Crippen molar-refractivity contribution in [3.8, 4) is 11.8 Å². The van der Waals surface area contributed by atoms with Crippen molar-refractivity contribution in [1.82, 2.24) is 9.88 Å². The number of thioether (sulfide) groups is 1. The number of fused-ring (bicyclic) bond motifs is 1. The largest absolute Gasteiger partial charge is 0.493 e. The van der Waals surface area contributed by atoms with E-state index in [9.17, 15) is 10.1 Å². The number of benzene rings is 1. The van der Waals surface area contributed by atoms with Crippen LogP contribution in [0.2, 0.25) is 0 Å². The highest BCUT2D eigenvalue weighted by Crippen LogP contribution is 2.41. The number of hydrogen-bond acceptors (Lipinski definition) is 5. The number of amides is 1. The Morgan fingerprint density at radius 3 is 2.69 bits per heavy atom. The summed E-state index contributed by atoms with van der Waals surface area (Å²) in [5, 5.41) is 14.0. The fraction of sp³-hybridized carbons (Fsp3) is 0.500. The third kappa shape index (κ3) is 7.73. The Morgan fingerprint density at radius 1 is 1.31 bits per heavy atom. The molecule has 1 aromatic heterocycles. The first-order valence-corrected chi connectivity index (χ1v) is 15.4. The van der Waals surface area contributed by atoms with Gasteiger partial charge in [0.2, 0.25) is 0 Å². The summed E-state index contributed by atoms with van der Waals surface area (Å²) in [6.07, 6.45) is 14.3. The van der Waals surface area contributed by atoms with E-state index in [1.54, 1.807) is 0 Å². The molecule has 0 radical (unpaired) electrons. The smallest absolute Gasteiger partial charge is 0.411 e. The molecule has 1 aliphatic rings. The van der Waals surface area contributed by atoms with E-state index in [1.165, 1.54) is 6.42 Å². The van der Waals surface area contributed by atoms with Crippen LogP contribution in [0.15, 0.2) is 48.2 Å². The van der Waals surface area contributed by atoms with Crippen molar-refractivity contribution in [3.63, 3.8) is 0 Å². The van der Waals surface area contributed by atoms with E-state index < -0.39 is 6.09 Å². The van der Waals surface area contributed by atoms with Gasteiger partial charge in [0.15, 0.2) is 0 Å². The average Bonchev–Trinajstić information content (AvgIpc) is 3.21. The van der Waals surface area contributed by atoms with Crippen molar-refractivity contribution < 1.29 is 14.3 Å². The molecule has 0 spiro atoms. The molecule has 1 saturated carbocycles. The molecule has 3 rings (SSSR count). The first-order valence-electron chi connectivity index (χ1n) is 14.0. The van der Waals surface area contributed by atoms with Crippen molar-refractivity contribution >= 4 is 34.3 Å². The number of allylic oxidation sites excluding steroid dienone is 5. The monoisotopic (exact) mass is 549 g/mol. The quantitative estimate of drug-likeness (QED) is 0.201. The zero-order valence-electron chi connectivity index (χ0n) is 24.3. The van der Waals surface area contributed by atoms with Gasteiger partial charge in [-0.3, -0.25) is 5.32 Å². The Hall–Kier alpha value is -3.11. The summed E-state index contributed by atoms with van der Waals surface area (Å²) in [4.78, 5) is 12.5. The minimum Gasteiger partial charge on any atom is -0.493 e. The van der Waals surface area contributed by atoms with E-state index in [-0.39, 0.29) is 12.0 Å². The molecule has 210 valence electrons. The number of hydrogen-bond donors (Lipinski definition) is 1. The van der Waals surface area contributed by atoms with Gasteiger partial charge in [-0.2, -0.15) is 17.0 Å². The van der Waals surface area contributed by atoms with E-state index in [1.807, 2.05) is 69.0 Å². The van der Waals surface area contributed by atoms with Gasteiger partial charge in [-0.05, 0) is 94.2 Å². The minimum atomic E-state index is -0.468. The van der Waals surface area contributed by atoms with Gasteiger partial charge in [0.1, 0.15) is 17.9 Å². The van der Waals surface area contributed by atoms with Crippen LogP contribution in [-0.2, 0) is 4.74 Å². The molecule has 0 bridgehead atoms. The third-order valence-electron chi connectivity index (χ3n) is 7.51. The van der Waals surface area contributed by atoms with E-state index in [0.29, 0.717) is 23.9 Å². The normalized spacial score (nSPS) is 16.1. The predicted molar refractivity (Wildman–Crippen MR) is 163 cm³/mol. The topological polar surface area (TPSA) is 76.3 Å². The average molecular weight is 550 g/mol. The van der Waals surface area contributed by atoms with Gasteiger partial charge in [0, 0.05) is 23.2 Å². The summed E-state index contributed by atoms with van der Waals surface area (Å²) >= 11 is 1.82. The molecule has 2 aromatic rings. The highest BCUT2D eigenvalue weighted by atomic mass is 32.2. The molecule has 2 atom stereocenters. The fourth-order valence-electron chi connectivity index (χ4n) is 4.67. The number of alkyl carbamates (subject to hydrolysis) is 1. The number of aromatic nitrogens is 1. The Bertz CT molecular complexity index is 1260. The molecular weight excluding hydrogens is 506 g/mol. The Labute approximate surface area is 238 Å². The molecule has 6 nitrogen and oxygen atoms in total. The maximum Gasteiger partial charge on any atom is 0.411 e. The number of carbonyl (C=O) groups excluding carboxylic acids is 1. The van der Waals surface area contributed by atoms with Gasteiger partial charge in [0.05, 0.1) is 23.4 Å². The van der Waals surface area contributed by atoms with Gasteiger partial charge in [-0.1, -0.05) is 32.4 Å². The molecule has 1 unspecified atom stereocenters. The van der Waals surface area contributed by atoms with Gasteiger partial charge >= 0.3 is 6.09 Å². The standard InChI is InChI=1S/C32H43N3O3S/c1-7-11-25(34-32(36)38-24(5)22(3)8-2)15-14-23(4)31-29(21-33)28-17-16-27(37-18-10-19-39-6)20-30(28)35(31)26-12-9-13-26/h7,11,14-17,20,22,24,26H,8-10,12-13,18-19H2,1-6H3,(H,34,36)/b11-7-,23-14+,25-15+/t22?,24-/m1/s1. The molecular formula is C32H43N3O3S. The molecule has 1 N–H and O–H groups in total. The summed E-state index contributed by atoms with van der Waals surface area (Å²) in [6.45, 7) is 10.7. The van der Waals surface area contributed by atoms with Crippen LogP contribution >= 0.6 is 11.8 Å². The van der Waals surface area contributed by atoms with Crippen LogP contribution in [0.5, 0.6) is 5.75 Å².